The fraction of sp³-hybridized carbons (Fsp3) is 0.727. The number of nitrogens with one attached hydrogen (secondary N) is 1. The summed E-state index contributed by atoms with van der Waals surface area (Å²) >= 11 is 0. The molecule has 3 rings (SSSR count). The number of hydrogen-bond acceptors (Lipinski definition) is 3. The van der Waals surface area contributed by atoms with Crippen molar-refractivity contribution in [1.29, 1.82) is 0 Å². The van der Waals surface area contributed by atoms with Gasteiger partial charge in [0.1, 0.15) is 0 Å². The predicted octanol–water partition coefficient (Wildman–Crippen LogP) is 4.47. The fourth-order valence-electron chi connectivity index (χ4n) is 4.51. The third-order valence-electron chi connectivity index (χ3n) is 6.14. The normalized spacial score (nSPS) is 23.6. The van der Waals surface area contributed by atoms with Crippen LogP contribution in [0, 0.1) is 5.92 Å². The van der Waals surface area contributed by atoms with Gasteiger partial charge in [-0.1, -0.05) is 38.0 Å². The Morgan fingerprint density at radius 1 is 0.960 bits per heavy atom. The summed E-state index contributed by atoms with van der Waals surface area (Å²) in [5, 5.41) is 3.72. The van der Waals surface area contributed by atoms with E-state index in [1.165, 1.54) is 89.9 Å². The van der Waals surface area contributed by atoms with Crippen molar-refractivity contribution in [2.24, 2.45) is 5.92 Å². The zero-order valence-electron chi connectivity index (χ0n) is 16.1. The van der Waals surface area contributed by atoms with Gasteiger partial charge in [0.2, 0.25) is 0 Å². The van der Waals surface area contributed by atoms with Crippen molar-refractivity contribution >= 4 is 5.69 Å². The van der Waals surface area contributed by atoms with Gasteiger partial charge in [-0.2, -0.15) is 0 Å². The first-order valence-corrected chi connectivity index (χ1v) is 10.6. The molecule has 1 aromatic rings. The van der Waals surface area contributed by atoms with Crippen LogP contribution in [0.15, 0.2) is 30.3 Å². The Bertz CT molecular complexity index is 467. The number of para-hydroxylation sites is 1. The quantitative estimate of drug-likeness (QED) is 0.703. The van der Waals surface area contributed by atoms with Gasteiger partial charge in [0.25, 0.3) is 0 Å². The van der Waals surface area contributed by atoms with E-state index >= 15 is 0 Å². The molecule has 2 aliphatic heterocycles. The van der Waals surface area contributed by atoms with E-state index in [0.717, 1.165) is 5.92 Å². The van der Waals surface area contributed by atoms with E-state index in [-0.39, 0.29) is 0 Å². The third kappa shape index (κ3) is 6.31. The number of benzene rings is 1. The Balaban J connectivity index is 1.29. The highest BCUT2D eigenvalue weighted by atomic mass is 15.2. The van der Waals surface area contributed by atoms with Crippen LogP contribution in [0.3, 0.4) is 0 Å². The van der Waals surface area contributed by atoms with E-state index in [1.54, 1.807) is 0 Å². The minimum atomic E-state index is 0.620. The van der Waals surface area contributed by atoms with Crippen LogP contribution in [-0.2, 0) is 0 Å². The zero-order chi connectivity index (χ0) is 17.3. The Morgan fingerprint density at radius 3 is 2.52 bits per heavy atom. The van der Waals surface area contributed by atoms with Crippen LogP contribution < -0.4 is 5.32 Å². The number of anilines is 1. The SMILES string of the molecule is CCN1CCC(CCCCN2CCCC(Nc3ccccc3)C2)CC1. The van der Waals surface area contributed by atoms with Gasteiger partial charge in [0.05, 0.1) is 0 Å². The van der Waals surface area contributed by atoms with E-state index in [2.05, 4.69) is 52.4 Å². The molecule has 0 aliphatic carbocycles. The van der Waals surface area contributed by atoms with E-state index in [4.69, 9.17) is 0 Å². The number of hydrogen-bond donors (Lipinski definition) is 1. The first-order valence-electron chi connectivity index (χ1n) is 10.6. The van der Waals surface area contributed by atoms with Crippen LogP contribution in [-0.4, -0.2) is 55.1 Å². The topological polar surface area (TPSA) is 18.5 Å². The molecule has 0 spiro atoms. The molecule has 0 saturated carbocycles. The van der Waals surface area contributed by atoms with Crippen LogP contribution in [0.5, 0.6) is 0 Å². The zero-order valence-corrected chi connectivity index (χ0v) is 16.1. The molecule has 3 heteroatoms. The fourth-order valence-corrected chi connectivity index (χ4v) is 4.51. The average Bonchev–Trinajstić information content (AvgIpc) is 2.67. The molecule has 2 saturated heterocycles. The highest BCUT2D eigenvalue weighted by Crippen LogP contribution is 2.23. The van der Waals surface area contributed by atoms with Crippen molar-refractivity contribution in [3.05, 3.63) is 30.3 Å². The Hall–Kier alpha value is -1.06. The van der Waals surface area contributed by atoms with Crippen LogP contribution in [0.2, 0.25) is 0 Å². The average molecular weight is 344 g/mol. The van der Waals surface area contributed by atoms with Crippen molar-refractivity contribution in [3.63, 3.8) is 0 Å². The molecule has 1 aromatic carbocycles. The van der Waals surface area contributed by atoms with E-state index in [0.29, 0.717) is 6.04 Å². The minimum Gasteiger partial charge on any atom is -0.381 e. The molecule has 1 N–H and O–H groups in total. The maximum atomic E-state index is 3.72. The molecule has 3 nitrogen and oxygen atoms in total. The smallest absolute Gasteiger partial charge is 0.0388 e. The first kappa shape index (κ1) is 18.7. The largest absolute Gasteiger partial charge is 0.381 e. The van der Waals surface area contributed by atoms with Crippen molar-refractivity contribution in [1.82, 2.24) is 9.80 Å². The summed E-state index contributed by atoms with van der Waals surface area (Å²) in [6.07, 6.45) is 9.76. The molecule has 2 aliphatic rings. The second-order valence-corrected chi connectivity index (χ2v) is 8.02. The molecule has 0 aromatic heterocycles. The minimum absolute atomic E-state index is 0.620. The van der Waals surface area contributed by atoms with Gasteiger partial charge >= 0.3 is 0 Å². The lowest BCUT2D eigenvalue weighted by molar-refractivity contribution is 0.179. The van der Waals surface area contributed by atoms with E-state index in [9.17, 15) is 0 Å². The summed E-state index contributed by atoms with van der Waals surface area (Å²) in [5.41, 5.74) is 1.27. The molecule has 2 heterocycles. The first-order chi connectivity index (χ1) is 12.3. The molecule has 0 bridgehead atoms. The molecule has 0 radical (unpaired) electrons. The monoisotopic (exact) mass is 343 g/mol. The van der Waals surface area contributed by atoms with Gasteiger partial charge in [0, 0.05) is 18.3 Å². The summed E-state index contributed by atoms with van der Waals surface area (Å²) in [4.78, 5) is 5.29. The molecule has 140 valence electrons. The summed E-state index contributed by atoms with van der Waals surface area (Å²) < 4.78 is 0. The standard InChI is InChI=1S/C22H37N3/c1-2-24-17-13-20(14-18-24)9-6-7-15-25-16-8-12-22(19-25)23-21-10-4-3-5-11-21/h3-5,10-11,20,22-23H,2,6-9,12-19H2,1H3. The summed E-state index contributed by atoms with van der Waals surface area (Å²) in [5.74, 6) is 0.997. The Labute approximate surface area is 154 Å². The molecule has 0 amide bonds. The second-order valence-electron chi connectivity index (χ2n) is 8.02. The van der Waals surface area contributed by atoms with Crippen LogP contribution in [0.25, 0.3) is 0 Å². The third-order valence-corrected chi connectivity index (χ3v) is 6.14. The molecule has 2 fully saturated rings. The Morgan fingerprint density at radius 2 is 1.76 bits per heavy atom. The molecule has 25 heavy (non-hydrogen) atoms. The summed E-state index contributed by atoms with van der Waals surface area (Å²) in [6.45, 7) is 9.99. The van der Waals surface area contributed by atoms with Gasteiger partial charge in [-0.3, -0.25) is 0 Å². The van der Waals surface area contributed by atoms with Crippen molar-refractivity contribution in [2.75, 3.05) is 44.6 Å². The van der Waals surface area contributed by atoms with E-state index < -0.39 is 0 Å². The van der Waals surface area contributed by atoms with Gasteiger partial charge in [-0.05, 0) is 82.9 Å². The second kappa shape index (κ2) is 10.2. The number of rotatable bonds is 8. The molecular formula is C22H37N3. The van der Waals surface area contributed by atoms with Gasteiger partial charge in [0.15, 0.2) is 0 Å². The highest BCUT2D eigenvalue weighted by molar-refractivity contribution is 5.43. The van der Waals surface area contributed by atoms with E-state index in [1.807, 2.05) is 0 Å². The summed E-state index contributed by atoms with van der Waals surface area (Å²) in [6, 6.07) is 11.3. The number of unbranched alkanes of at least 4 members (excludes halogenated alkanes) is 1. The van der Waals surface area contributed by atoms with Crippen LogP contribution in [0.4, 0.5) is 5.69 Å². The number of nitrogens with zero attached hydrogens (tertiary/aromatic N) is 2. The molecule has 1 atom stereocenters. The summed E-state index contributed by atoms with van der Waals surface area (Å²) in [7, 11) is 0. The predicted molar refractivity (Wildman–Crippen MR) is 108 cm³/mol. The van der Waals surface area contributed by atoms with Gasteiger partial charge in [-0.15, -0.1) is 0 Å². The lowest BCUT2D eigenvalue weighted by atomic mass is 9.91. The van der Waals surface area contributed by atoms with Crippen LogP contribution in [0.1, 0.15) is 51.9 Å². The lowest BCUT2D eigenvalue weighted by Crippen LogP contribution is -2.42. The Kier molecular flexibility index (Phi) is 7.62. The highest BCUT2D eigenvalue weighted by Gasteiger charge is 2.20. The van der Waals surface area contributed by atoms with Gasteiger partial charge < -0.3 is 15.1 Å². The number of piperidine rings is 2. The van der Waals surface area contributed by atoms with Crippen molar-refractivity contribution in [3.8, 4) is 0 Å². The molecule has 1 unspecified atom stereocenters. The molecular weight excluding hydrogens is 306 g/mol. The number of likely N-dealkylation sites (tertiary alicyclic amines) is 2. The maximum Gasteiger partial charge on any atom is 0.0388 e. The maximum absolute atomic E-state index is 3.72. The van der Waals surface area contributed by atoms with Gasteiger partial charge in [-0.25, -0.2) is 0 Å². The lowest BCUT2D eigenvalue weighted by Gasteiger charge is -2.34. The van der Waals surface area contributed by atoms with Crippen molar-refractivity contribution < 1.29 is 0 Å². The van der Waals surface area contributed by atoms with Crippen LogP contribution >= 0.6 is 0 Å². The van der Waals surface area contributed by atoms with Crippen molar-refractivity contribution in [2.45, 2.75) is 57.9 Å².